The Hall–Kier alpha value is -2.11. The van der Waals surface area contributed by atoms with Crippen LogP contribution in [0.4, 0.5) is 11.5 Å². The van der Waals surface area contributed by atoms with Gasteiger partial charge in [-0.2, -0.15) is 5.26 Å². The number of nitrogens with zero attached hydrogens (tertiary/aromatic N) is 2. The van der Waals surface area contributed by atoms with Crippen LogP contribution in [0.5, 0.6) is 0 Å². The van der Waals surface area contributed by atoms with Crippen molar-refractivity contribution in [2.24, 2.45) is 0 Å². The van der Waals surface area contributed by atoms with E-state index in [2.05, 4.69) is 31.0 Å². The molecule has 0 spiro atoms. The second-order valence-corrected chi connectivity index (χ2v) is 6.63. The highest BCUT2D eigenvalue weighted by Gasteiger charge is 2.16. The van der Waals surface area contributed by atoms with Gasteiger partial charge in [0.25, 0.3) is 10.0 Å². The van der Waals surface area contributed by atoms with Crippen LogP contribution in [0, 0.1) is 11.3 Å². The summed E-state index contributed by atoms with van der Waals surface area (Å²) in [4.78, 5) is 3.98. The van der Waals surface area contributed by atoms with E-state index in [9.17, 15) is 8.42 Å². The van der Waals surface area contributed by atoms with Crippen LogP contribution in [0.15, 0.2) is 45.9 Å². The molecule has 1 aromatic heterocycles. The molecule has 1 heterocycles. The molecule has 0 amide bonds. The standard InChI is InChI=1S/C13H11BrN4O2S/c1-16-13-5-3-11(8-17-13)21(19,20)18-12-4-2-10(14)6-9(12)7-15/h2-6,8,18H,1H3,(H,16,17). The zero-order valence-electron chi connectivity index (χ0n) is 11.0. The lowest BCUT2D eigenvalue weighted by atomic mass is 10.2. The molecular weight excluding hydrogens is 356 g/mol. The van der Waals surface area contributed by atoms with Gasteiger partial charge in [-0.05, 0) is 30.3 Å². The highest BCUT2D eigenvalue weighted by molar-refractivity contribution is 9.10. The highest BCUT2D eigenvalue weighted by atomic mass is 79.9. The van der Waals surface area contributed by atoms with E-state index in [1.54, 1.807) is 25.2 Å². The van der Waals surface area contributed by atoms with Crippen LogP contribution < -0.4 is 10.0 Å². The minimum atomic E-state index is -3.79. The maximum absolute atomic E-state index is 12.3. The Bertz CT molecular complexity index is 798. The summed E-state index contributed by atoms with van der Waals surface area (Å²) in [6.07, 6.45) is 1.25. The first-order chi connectivity index (χ1) is 9.96. The first-order valence-electron chi connectivity index (χ1n) is 5.82. The number of aromatic nitrogens is 1. The average molecular weight is 367 g/mol. The molecule has 0 bridgehead atoms. The lowest BCUT2D eigenvalue weighted by Crippen LogP contribution is -2.14. The van der Waals surface area contributed by atoms with Crippen molar-refractivity contribution in [3.05, 3.63) is 46.6 Å². The fourth-order valence-corrected chi connectivity index (χ4v) is 2.97. The maximum Gasteiger partial charge on any atom is 0.263 e. The van der Waals surface area contributed by atoms with Crippen molar-refractivity contribution in [1.82, 2.24) is 4.98 Å². The number of halogens is 1. The molecule has 0 fully saturated rings. The normalized spacial score (nSPS) is 10.7. The SMILES string of the molecule is CNc1ccc(S(=O)(=O)Nc2ccc(Br)cc2C#N)cn1. The number of benzene rings is 1. The number of nitriles is 1. The van der Waals surface area contributed by atoms with Gasteiger partial charge in [-0.1, -0.05) is 15.9 Å². The highest BCUT2D eigenvalue weighted by Crippen LogP contribution is 2.23. The molecule has 6 nitrogen and oxygen atoms in total. The van der Waals surface area contributed by atoms with Gasteiger partial charge in [-0.15, -0.1) is 0 Å². The molecule has 21 heavy (non-hydrogen) atoms. The largest absolute Gasteiger partial charge is 0.373 e. The predicted molar refractivity (Wildman–Crippen MR) is 83.4 cm³/mol. The number of hydrogen-bond donors (Lipinski definition) is 2. The maximum atomic E-state index is 12.3. The number of anilines is 2. The molecule has 8 heteroatoms. The molecule has 0 unspecified atom stereocenters. The van der Waals surface area contributed by atoms with Gasteiger partial charge in [-0.25, -0.2) is 13.4 Å². The van der Waals surface area contributed by atoms with E-state index in [0.29, 0.717) is 10.3 Å². The van der Waals surface area contributed by atoms with Crippen LogP contribution in [-0.2, 0) is 10.0 Å². The summed E-state index contributed by atoms with van der Waals surface area (Å²) in [7, 11) is -2.10. The summed E-state index contributed by atoms with van der Waals surface area (Å²) in [6.45, 7) is 0. The molecular formula is C13H11BrN4O2S. The summed E-state index contributed by atoms with van der Waals surface area (Å²) < 4.78 is 27.6. The lowest BCUT2D eigenvalue weighted by Gasteiger charge is -2.10. The van der Waals surface area contributed by atoms with Crippen molar-refractivity contribution in [2.75, 3.05) is 17.1 Å². The Morgan fingerprint density at radius 1 is 1.29 bits per heavy atom. The molecule has 0 saturated heterocycles. The van der Waals surface area contributed by atoms with Gasteiger partial charge in [0.05, 0.1) is 11.3 Å². The second kappa shape index (κ2) is 6.11. The number of sulfonamides is 1. The minimum Gasteiger partial charge on any atom is -0.373 e. The van der Waals surface area contributed by atoms with Gasteiger partial charge < -0.3 is 5.32 Å². The minimum absolute atomic E-state index is 0.0216. The third kappa shape index (κ3) is 3.51. The van der Waals surface area contributed by atoms with E-state index in [-0.39, 0.29) is 16.1 Å². The van der Waals surface area contributed by atoms with Gasteiger partial charge in [0.15, 0.2) is 0 Å². The predicted octanol–water partition coefficient (Wildman–Crippen LogP) is 2.56. The second-order valence-electron chi connectivity index (χ2n) is 4.04. The molecule has 2 N–H and O–H groups in total. The lowest BCUT2D eigenvalue weighted by molar-refractivity contribution is 0.601. The van der Waals surface area contributed by atoms with E-state index < -0.39 is 10.0 Å². The summed E-state index contributed by atoms with van der Waals surface area (Å²) >= 11 is 3.23. The van der Waals surface area contributed by atoms with Crippen molar-refractivity contribution in [3.8, 4) is 6.07 Å². The average Bonchev–Trinajstić information content (AvgIpc) is 2.49. The van der Waals surface area contributed by atoms with Crippen molar-refractivity contribution < 1.29 is 8.42 Å². The van der Waals surface area contributed by atoms with Gasteiger partial charge in [-0.3, -0.25) is 4.72 Å². The number of pyridine rings is 1. The van der Waals surface area contributed by atoms with E-state index in [1.165, 1.54) is 18.3 Å². The molecule has 0 aliphatic rings. The number of nitrogens with one attached hydrogen (secondary N) is 2. The molecule has 0 saturated carbocycles. The summed E-state index contributed by atoms with van der Waals surface area (Å²) in [6, 6.07) is 9.66. The molecule has 2 rings (SSSR count). The van der Waals surface area contributed by atoms with Gasteiger partial charge in [0.2, 0.25) is 0 Å². The van der Waals surface area contributed by atoms with Crippen molar-refractivity contribution >= 4 is 37.5 Å². The van der Waals surface area contributed by atoms with Crippen LogP contribution in [-0.4, -0.2) is 20.4 Å². The quantitative estimate of drug-likeness (QED) is 0.866. The topological polar surface area (TPSA) is 94.9 Å². The fourth-order valence-electron chi connectivity index (χ4n) is 1.59. The third-order valence-corrected chi connectivity index (χ3v) is 4.49. The Balaban J connectivity index is 2.35. The first-order valence-corrected chi connectivity index (χ1v) is 8.10. The Morgan fingerprint density at radius 2 is 2.05 bits per heavy atom. The molecule has 0 aliphatic carbocycles. The van der Waals surface area contributed by atoms with Crippen molar-refractivity contribution in [3.63, 3.8) is 0 Å². The fraction of sp³-hybridized carbons (Fsp3) is 0.0769. The summed E-state index contributed by atoms with van der Waals surface area (Å²) in [5.74, 6) is 0.565. The molecule has 0 radical (unpaired) electrons. The van der Waals surface area contributed by atoms with Gasteiger partial charge in [0, 0.05) is 17.7 Å². The van der Waals surface area contributed by atoms with Crippen molar-refractivity contribution in [1.29, 1.82) is 5.26 Å². The van der Waals surface area contributed by atoms with Crippen LogP contribution >= 0.6 is 15.9 Å². The molecule has 2 aromatic rings. The first kappa shape index (κ1) is 15.3. The van der Waals surface area contributed by atoms with Gasteiger partial charge in [0.1, 0.15) is 16.8 Å². The van der Waals surface area contributed by atoms with Crippen molar-refractivity contribution in [2.45, 2.75) is 4.90 Å². The Kier molecular flexibility index (Phi) is 4.45. The van der Waals surface area contributed by atoms with E-state index in [1.807, 2.05) is 6.07 Å². The van der Waals surface area contributed by atoms with E-state index in [0.717, 1.165) is 0 Å². The van der Waals surface area contributed by atoms with Gasteiger partial charge >= 0.3 is 0 Å². The van der Waals surface area contributed by atoms with E-state index >= 15 is 0 Å². The Labute approximate surface area is 131 Å². The zero-order chi connectivity index (χ0) is 15.5. The van der Waals surface area contributed by atoms with Crippen LogP contribution in [0.1, 0.15) is 5.56 Å². The zero-order valence-corrected chi connectivity index (χ0v) is 13.4. The molecule has 108 valence electrons. The van der Waals surface area contributed by atoms with Crippen LogP contribution in [0.25, 0.3) is 0 Å². The number of rotatable bonds is 4. The molecule has 1 aromatic carbocycles. The third-order valence-electron chi connectivity index (χ3n) is 2.65. The summed E-state index contributed by atoms with van der Waals surface area (Å²) in [5, 5.41) is 11.9. The summed E-state index contributed by atoms with van der Waals surface area (Å²) in [5.41, 5.74) is 0.450. The van der Waals surface area contributed by atoms with Crippen LogP contribution in [0.3, 0.4) is 0 Å². The molecule has 0 atom stereocenters. The molecule has 0 aliphatic heterocycles. The van der Waals surface area contributed by atoms with Crippen LogP contribution in [0.2, 0.25) is 0 Å². The number of hydrogen-bond acceptors (Lipinski definition) is 5. The monoisotopic (exact) mass is 366 g/mol. The van der Waals surface area contributed by atoms with E-state index in [4.69, 9.17) is 5.26 Å². The smallest absolute Gasteiger partial charge is 0.263 e. The Morgan fingerprint density at radius 3 is 2.62 bits per heavy atom.